The maximum Gasteiger partial charge on any atom is 0.332 e. The summed E-state index contributed by atoms with van der Waals surface area (Å²) >= 11 is 0. The molecule has 0 unspecified atom stereocenters. The van der Waals surface area contributed by atoms with Gasteiger partial charge in [0.1, 0.15) is 12.1 Å². The van der Waals surface area contributed by atoms with E-state index in [1.165, 1.54) is 6.20 Å². The molecule has 0 spiro atoms. The van der Waals surface area contributed by atoms with Gasteiger partial charge in [-0.15, -0.1) is 0 Å². The van der Waals surface area contributed by atoms with Crippen LogP contribution in [-0.4, -0.2) is 38.1 Å². The summed E-state index contributed by atoms with van der Waals surface area (Å²) in [6.45, 7) is -0.605. The average Bonchev–Trinajstić information content (AvgIpc) is 2.92. The number of carbonyl (C=O) groups excluding carboxylic acids is 1. The number of hydrogen-bond acceptors (Lipinski definition) is 5. The van der Waals surface area contributed by atoms with E-state index in [0.29, 0.717) is 5.82 Å². The van der Waals surface area contributed by atoms with Crippen LogP contribution in [-0.2, 0) is 9.63 Å². The third-order valence-electron chi connectivity index (χ3n) is 2.14. The maximum absolute atomic E-state index is 11.5. The number of carboxylic acid groups (broad SMARTS) is 1. The summed E-state index contributed by atoms with van der Waals surface area (Å²) in [5.74, 6) is -1.12. The van der Waals surface area contributed by atoms with Gasteiger partial charge in [0.25, 0.3) is 5.91 Å². The highest BCUT2D eigenvalue weighted by Gasteiger charge is 2.07. The van der Waals surface area contributed by atoms with Gasteiger partial charge in [0.2, 0.25) is 0 Å². The molecular weight excluding hydrogens is 252 g/mol. The van der Waals surface area contributed by atoms with Crippen LogP contribution in [0.5, 0.6) is 0 Å². The second kappa shape index (κ2) is 5.74. The molecule has 2 heterocycles. The van der Waals surface area contributed by atoms with Gasteiger partial charge in [-0.1, -0.05) is 0 Å². The van der Waals surface area contributed by atoms with Crippen LogP contribution >= 0.6 is 0 Å². The van der Waals surface area contributed by atoms with Crippen molar-refractivity contribution in [3.8, 4) is 5.82 Å². The van der Waals surface area contributed by atoms with Gasteiger partial charge in [0, 0.05) is 18.6 Å². The van der Waals surface area contributed by atoms with Gasteiger partial charge < -0.3 is 5.11 Å². The molecule has 0 aliphatic rings. The fourth-order valence-electron chi connectivity index (χ4n) is 1.29. The van der Waals surface area contributed by atoms with E-state index in [9.17, 15) is 9.59 Å². The molecule has 2 rings (SSSR count). The van der Waals surface area contributed by atoms with Crippen LogP contribution in [0.1, 0.15) is 10.4 Å². The molecule has 2 aromatic rings. The van der Waals surface area contributed by atoms with Crippen molar-refractivity contribution in [3.05, 3.63) is 42.6 Å². The van der Waals surface area contributed by atoms with Crippen molar-refractivity contribution in [1.29, 1.82) is 0 Å². The van der Waals surface area contributed by atoms with Gasteiger partial charge in [0.05, 0.1) is 5.56 Å². The van der Waals surface area contributed by atoms with Gasteiger partial charge in [-0.2, -0.15) is 0 Å². The number of hydroxylamine groups is 1. The minimum absolute atomic E-state index is 0.259. The molecule has 0 aromatic carbocycles. The molecule has 8 heteroatoms. The lowest BCUT2D eigenvalue weighted by molar-refractivity contribution is -0.144. The highest BCUT2D eigenvalue weighted by molar-refractivity contribution is 5.93. The Labute approximate surface area is 107 Å². The number of amides is 1. The first-order chi connectivity index (χ1) is 9.16. The molecule has 1 amide bonds. The van der Waals surface area contributed by atoms with Gasteiger partial charge >= 0.3 is 5.97 Å². The number of aromatic nitrogens is 3. The molecule has 19 heavy (non-hydrogen) atoms. The molecule has 2 N–H and O–H groups in total. The lowest BCUT2D eigenvalue weighted by atomic mass is 10.3. The first kappa shape index (κ1) is 12.7. The highest BCUT2D eigenvalue weighted by Crippen LogP contribution is 2.05. The summed E-state index contributed by atoms with van der Waals surface area (Å²) in [7, 11) is 0. The van der Waals surface area contributed by atoms with Gasteiger partial charge in [-0.25, -0.2) is 20.2 Å². The second-order valence-electron chi connectivity index (χ2n) is 3.49. The molecule has 98 valence electrons. The normalized spacial score (nSPS) is 10.1. The van der Waals surface area contributed by atoms with Crippen LogP contribution in [0.15, 0.2) is 37.1 Å². The van der Waals surface area contributed by atoms with Crippen LogP contribution < -0.4 is 5.48 Å². The quantitative estimate of drug-likeness (QED) is 0.735. The number of imidazole rings is 1. The number of nitrogens with zero attached hydrogens (tertiary/aromatic N) is 3. The largest absolute Gasteiger partial charge is 0.479 e. The molecule has 0 saturated heterocycles. The zero-order valence-corrected chi connectivity index (χ0v) is 9.68. The number of hydrogen-bond donors (Lipinski definition) is 2. The SMILES string of the molecule is O=C(O)CONC(=O)c1ccc(-n2ccnc2)nc1. The molecule has 0 atom stereocenters. The summed E-state index contributed by atoms with van der Waals surface area (Å²) in [6.07, 6.45) is 6.27. The van der Waals surface area contributed by atoms with Gasteiger partial charge in [-0.3, -0.25) is 14.2 Å². The fourth-order valence-corrected chi connectivity index (χ4v) is 1.29. The van der Waals surface area contributed by atoms with Crippen molar-refractivity contribution in [2.75, 3.05) is 6.61 Å². The minimum atomic E-state index is -1.17. The first-order valence-electron chi connectivity index (χ1n) is 5.25. The van der Waals surface area contributed by atoms with Crippen LogP contribution in [0, 0.1) is 0 Å². The van der Waals surface area contributed by atoms with Crippen LogP contribution in [0.3, 0.4) is 0 Å². The highest BCUT2D eigenvalue weighted by atomic mass is 16.7. The topological polar surface area (TPSA) is 106 Å². The standard InChI is InChI=1S/C11H10N4O4/c16-10(17)6-19-14-11(18)8-1-2-9(13-5-8)15-4-3-12-7-15/h1-5,7H,6H2,(H,14,18)(H,16,17). The lowest BCUT2D eigenvalue weighted by Gasteiger charge is -2.05. The number of aliphatic carboxylic acids is 1. The number of pyridine rings is 1. The Balaban J connectivity index is 1.98. The van der Waals surface area contributed by atoms with Crippen molar-refractivity contribution in [1.82, 2.24) is 20.0 Å². The predicted octanol–water partition coefficient (Wildman–Crippen LogP) is 0.0133. The van der Waals surface area contributed by atoms with E-state index in [1.54, 1.807) is 35.4 Å². The van der Waals surface area contributed by atoms with E-state index >= 15 is 0 Å². The molecule has 0 saturated carbocycles. The summed E-state index contributed by atoms with van der Waals surface area (Å²) in [5, 5.41) is 8.34. The minimum Gasteiger partial charge on any atom is -0.479 e. The number of carboxylic acids is 1. The Kier molecular flexibility index (Phi) is 3.84. The van der Waals surface area contributed by atoms with Gasteiger partial charge in [0.15, 0.2) is 6.61 Å². The summed E-state index contributed by atoms with van der Waals surface area (Å²) in [6, 6.07) is 3.18. The van der Waals surface area contributed by atoms with E-state index in [2.05, 4.69) is 14.8 Å². The van der Waals surface area contributed by atoms with Crippen molar-refractivity contribution < 1.29 is 19.5 Å². The van der Waals surface area contributed by atoms with Crippen molar-refractivity contribution in [2.45, 2.75) is 0 Å². The average molecular weight is 262 g/mol. The second-order valence-corrected chi connectivity index (χ2v) is 3.49. The van der Waals surface area contributed by atoms with E-state index in [0.717, 1.165) is 0 Å². The van der Waals surface area contributed by atoms with Crippen molar-refractivity contribution in [3.63, 3.8) is 0 Å². The van der Waals surface area contributed by atoms with Crippen molar-refractivity contribution >= 4 is 11.9 Å². The molecule has 0 aliphatic carbocycles. The van der Waals surface area contributed by atoms with E-state index in [1.807, 2.05) is 5.48 Å². The monoisotopic (exact) mass is 262 g/mol. The molecule has 0 fully saturated rings. The number of carbonyl (C=O) groups is 2. The smallest absolute Gasteiger partial charge is 0.332 e. The molecule has 2 aromatic heterocycles. The predicted molar refractivity (Wildman–Crippen MR) is 62.4 cm³/mol. The Bertz CT molecular complexity index is 565. The van der Waals surface area contributed by atoms with Crippen LogP contribution in [0.25, 0.3) is 5.82 Å². The Morgan fingerprint density at radius 1 is 1.42 bits per heavy atom. The molecular formula is C11H10N4O4. The van der Waals surface area contributed by atoms with E-state index < -0.39 is 18.5 Å². The first-order valence-corrected chi connectivity index (χ1v) is 5.25. The van der Waals surface area contributed by atoms with Gasteiger partial charge in [-0.05, 0) is 12.1 Å². The molecule has 8 nitrogen and oxygen atoms in total. The summed E-state index contributed by atoms with van der Waals surface area (Å²) < 4.78 is 1.68. The Morgan fingerprint density at radius 3 is 2.84 bits per heavy atom. The maximum atomic E-state index is 11.5. The summed E-state index contributed by atoms with van der Waals surface area (Å²) in [5.41, 5.74) is 2.26. The van der Waals surface area contributed by atoms with Crippen molar-refractivity contribution in [2.24, 2.45) is 0 Å². The Hall–Kier alpha value is -2.74. The third-order valence-corrected chi connectivity index (χ3v) is 2.14. The summed E-state index contributed by atoms with van der Waals surface area (Å²) in [4.78, 5) is 34.2. The number of rotatable bonds is 5. The van der Waals surface area contributed by atoms with E-state index in [-0.39, 0.29) is 5.56 Å². The number of nitrogens with one attached hydrogen (secondary N) is 1. The third kappa shape index (κ3) is 3.36. The molecule has 0 aliphatic heterocycles. The lowest BCUT2D eigenvalue weighted by Crippen LogP contribution is -2.26. The fraction of sp³-hybridized carbons (Fsp3) is 0.0909. The zero-order chi connectivity index (χ0) is 13.7. The van der Waals surface area contributed by atoms with E-state index in [4.69, 9.17) is 5.11 Å². The zero-order valence-electron chi connectivity index (χ0n) is 9.68. The van der Waals surface area contributed by atoms with Crippen LogP contribution in [0.2, 0.25) is 0 Å². The van der Waals surface area contributed by atoms with Crippen LogP contribution in [0.4, 0.5) is 0 Å². The Morgan fingerprint density at radius 2 is 2.26 bits per heavy atom. The molecule has 0 bridgehead atoms. The molecule has 0 radical (unpaired) electrons.